The molecule has 1 amide bonds. The van der Waals surface area contributed by atoms with Crippen LogP contribution >= 0.6 is 0 Å². The van der Waals surface area contributed by atoms with E-state index in [1.807, 2.05) is 32.2 Å². The summed E-state index contributed by atoms with van der Waals surface area (Å²) in [7, 11) is 3.51. The molecule has 0 saturated heterocycles. The Kier molecular flexibility index (Phi) is 4.43. The lowest BCUT2D eigenvalue weighted by Crippen LogP contribution is -2.41. The molecule has 1 heterocycles. The van der Waals surface area contributed by atoms with Crippen LogP contribution in [0, 0.1) is 6.92 Å². The van der Waals surface area contributed by atoms with Crippen LogP contribution in [0.4, 0.5) is 0 Å². The van der Waals surface area contributed by atoms with E-state index in [9.17, 15) is 4.79 Å². The lowest BCUT2D eigenvalue weighted by atomic mass is 10.2. The van der Waals surface area contributed by atoms with Crippen LogP contribution in [0.15, 0.2) is 18.3 Å². The zero-order chi connectivity index (χ0) is 12.1. The van der Waals surface area contributed by atoms with E-state index in [2.05, 4.69) is 10.3 Å². The summed E-state index contributed by atoms with van der Waals surface area (Å²) in [6, 6.07) is 3.80. The second-order valence-electron chi connectivity index (χ2n) is 4.16. The molecule has 0 aliphatic rings. The summed E-state index contributed by atoms with van der Waals surface area (Å²) in [4.78, 5) is 17.4. The first kappa shape index (κ1) is 12.6. The van der Waals surface area contributed by atoms with Gasteiger partial charge in [0, 0.05) is 26.8 Å². The molecule has 4 nitrogen and oxygen atoms in total. The van der Waals surface area contributed by atoms with Crippen molar-refractivity contribution in [2.75, 3.05) is 14.1 Å². The van der Waals surface area contributed by atoms with Crippen molar-refractivity contribution in [3.63, 3.8) is 0 Å². The molecular formula is C12H19N3O. The number of likely N-dealkylation sites (N-methyl/N-ethyl adjacent to an activating group) is 1. The highest BCUT2D eigenvalue weighted by molar-refractivity contribution is 5.80. The normalized spacial score (nSPS) is 12.2. The number of carbonyl (C=O) groups excluding carboxylic acids is 1. The fraction of sp³-hybridized carbons (Fsp3) is 0.500. The van der Waals surface area contributed by atoms with Gasteiger partial charge in [-0.2, -0.15) is 0 Å². The van der Waals surface area contributed by atoms with Crippen molar-refractivity contribution in [2.45, 2.75) is 26.4 Å². The number of carbonyl (C=O) groups is 1. The maximum absolute atomic E-state index is 11.6. The van der Waals surface area contributed by atoms with E-state index < -0.39 is 0 Å². The molecule has 0 radical (unpaired) electrons. The van der Waals surface area contributed by atoms with Gasteiger partial charge in [-0.15, -0.1) is 0 Å². The van der Waals surface area contributed by atoms with Crippen molar-refractivity contribution in [1.29, 1.82) is 0 Å². The van der Waals surface area contributed by atoms with Crippen LogP contribution in [0.5, 0.6) is 0 Å². The summed E-state index contributed by atoms with van der Waals surface area (Å²) in [6.07, 6.45) is 1.83. The Morgan fingerprint density at radius 1 is 1.50 bits per heavy atom. The largest absolute Gasteiger partial charge is 0.347 e. The first-order chi connectivity index (χ1) is 7.50. The Morgan fingerprint density at radius 2 is 2.19 bits per heavy atom. The topological polar surface area (TPSA) is 45.2 Å². The Labute approximate surface area is 96.7 Å². The number of aryl methyl sites for hydroxylation is 1. The van der Waals surface area contributed by atoms with Crippen molar-refractivity contribution in [2.24, 2.45) is 0 Å². The van der Waals surface area contributed by atoms with Crippen molar-refractivity contribution < 1.29 is 4.79 Å². The zero-order valence-corrected chi connectivity index (χ0v) is 10.3. The summed E-state index contributed by atoms with van der Waals surface area (Å²) in [6.45, 7) is 4.47. The maximum atomic E-state index is 11.6. The van der Waals surface area contributed by atoms with E-state index in [1.54, 1.807) is 19.0 Å². The van der Waals surface area contributed by atoms with Gasteiger partial charge in [0.2, 0.25) is 5.91 Å². The molecule has 0 fully saturated rings. The molecule has 0 aliphatic carbocycles. The first-order valence-corrected chi connectivity index (χ1v) is 5.37. The van der Waals surface area contributed by atoms with Gasteiger partial charge in [-0.3, -0.25) is 9.78 Å². The minimum absolute atomic E-state index is 0.0760. The Bertz CT molecular complexity index is 346. The molecule has 88 valence electrons. The van der Waals surface area contributed by atoms with Crippen LogP contribution in [0.3, 0.4) is 0 Å². The average Bonchev–Trinajstić information content (AvgIpc) is 2.26. The van der Waals surface area contributed by atoms with E-state index >= 15 is 0 Å². The summed E-state index contributed by atoms with van der Waals surface area (Å²) in [5.74, 6) is 0.0760. The minimum atomic E-state index is -0.182. The van der Waals surface area contributed by atoms with Gasteiger partial charge in [0.1, 0.15) is 0 Å². The van der Waals surface area contributed by atoms with Crippen LogP contribution in [-0.2, 0) is 11.3 Å². The maximum Gasteiger partial charge on any atom is 0.238 e. The number of aromatic nitrogens is 1. The number of rotatable bonds is 4. The van der Waals surface area contributed by atoms with Gasteiger partial charge in [-0.05, 0) is 25.5 Å². The second-order valence-corrected chi connectivity index (χ2v) is 4.16. The van der Waals surface area contributed by atoms with E-state index in [0.29, 0.717) is 6.54 Å². The predicted molar refractivity (Wildman–Crippen MR) is 64.0 cm³/mol. The molecule has 1 rings (SSSR count). The fourth-order valence-electron chi connectivity index (χ4n) is 1.34. The molecule has 0 spiro atoms. The van der Waals surface area contributed by atoms with Gasteiger partial charge >= 0.3 is 0 Å². The molecular weight excluding hydrogens is 202 g/mol. The van der Waals surface area contributed by atoms with E-state index in [0.717, 1.165) is 11.3 Å². The van der Waals surface area contributed by atoms with Crippen molar-refractivity contribution in [3.05, 3.63) is 29.6 Å². The first-order valence-electron chi connectivity index (χ1n) is 5.37. The fourth-order valence-corrected chi connectivity index (χ4v) is 1.34. The Hall–Kier alpha value is -1.42. The smallest absolute Gasteiger partial charge is 0.238 e. The van der Waals surface area contributed by atoms with Crippen LogP contribution in [0.1, 0.15) is 18.2 Å². The van der Waals surface area contributed by atoms with Gasteiger partial charge in [0.25, 0.3) is 0 Å². The summed E-state index contributed by atoms with van der Waals surface area (Å²) in [5.41, 5.74) is 2.09. The van der Waals surface area contributed by atoms with E-state index in [4.69, 9.17) is 0 Å². The predicted octanol–water partition coefficient (Wildman–Crippen LogP) is 0.956. The summed E-state index contributed by atoms with van der Waals surface area (Å²) >= 11 is 0. The summed E-state index contributed by atoms with van der Waals surface area (Å²) < 4.78 is 0. The van der Waals surface area contributed by atoms with Gasteiger partial charge in [0.15, 0.2) is 0 Å². The third kappa shape index (κ3) is 3.62. The lowest BCUT2D eigenvalue weighted by molar-refractivity contribution is -0.130. The monoisotopic (exact) mass is 221 g/mol. The molecule has 1 aromatic rings. The van der Waals surface area contributed by atoms with Gasteiger partial charge < -0.3 is 10.2 Å². The second kappa shape index (κ2) is 5.61. The average molecular weight is 221 g/mol. The van der Waals surface area contributed by atoms with Crippen LogP contribution in [0.2, 0.25) is 0 Å². The van der Waals surface area contributed by atoms with Crippen molar-refractivity contribution >= 4 is 5.91 Å². The molecule has 1 unspecified atom stereocenters. The SMILES string of the molecule is Cc1ccc(CNC(C)C(=O)N(C)C)nc1. The highest BCUT2D eigenvalue weighted by atomic mass is 16.2. The number of hydrogen-bond acceptors (Lipinski definition) is 3. The minimum Gasteiger partial charge on any atom is -0.347 e. The molecule has 1 N–H and O–H groups in total. The van der Waals surface area contributed by atoms with Gasteiger partial charge in [0.05, 0.1) is 11.7 Å². The molecule has 0 bridgehead atoms. The van der Waals surface area contributed by atoms with E-state index in [-0.39, 0.29) is 11.9 Å². The summed E-state index contributed by atoms with van der Waals surface area (Å²) in [5, 5.41) is 3.15. The van der Waals surface area contributed by atoms with Crippen LogP contribution < -0.4 is 5.32 Å². The van der Waals surface area contributed by atoms with Crippen LogP contribution in [-0.4, -0.2) is 35.9 Å². The Morgan fingerprint density at radius 3 is 2.69 bits per heavy atom. The molecule has 0 aliphatic heterocycles. The molecule has 1 atom stereocenters. The Balaban J connectivity index is 2.45. The number of hydrogen-bond donors (Lipinski definition) is 1. The quantitative estimate of drug-likeness (QED) is 0.823. The number of pyridine rings is 1. The van der Waals surface area contributed by atoms with Crippen molar-refractivity contribution in [3.8, 4) is 0 Å². The lowest BCUT2D eigenvalue weighted by Gasteiger charge is -2.17. The molecule has 4 heteroatoms. The zero-order valence-electron chi connectivity index (χ0n) is 10.3. The third-order valence-electron chi connectivity index (χ3n) is 2.37. The molecule has 16 heavy (non-hydrogen) atoms. The van der Waals surface area contributed by atoms with Crippen LogP contribution in [0.25, 0.3) is 0 Å². The molecule has 0 aromatic carbocycles. The highest BCUT2D eigenvalue weighted by Crippen LogP contribution is 1.99. The molecule has 1 aromatic heterocycles. The molecule has 0 saturated carbocycles. The number of nitrogens with one attached hydrogen (secondary N) is 1. The number of nitrogens with zero attached hydrogens (tertiary/aromatic N) is 2. The van der Waals surface area contributed by atoms with Gasteiger partial charge in [-0.25, -0.2) is 0 Å². The highest BCUT2D eigenvalue weighted by Gasteiger charge is 2.13. The number of amides is 1. The van der Waals surface area contributed by atoms with Crippen molar-refractivity contribution in [1.82, 2.24) is 15.2 Å². The third-order valence-corrected chi connectivity index (χ3v) is 2.37. The standard InChI is InChI=1S/C12H19N3O/c1-9-5-6-11(14-7-9)8-13-10(2)12(16)15(3)4/h5-7,10,13H,8H2,1-4H3. The van der Waals surface area contributed by atoms with Gasteiger partial charge in [-0.1, -0.05) is 6.07 Å². The van der Waals surface area contributed by atoms with E-state index in [1.165, 1.54) is 0 Å².